The summed E-state index contributed by atoms with van der Waals surface area (Å²) in [5.41, 5.74) is 5.21. The van der Waals surface area contributed by atoms with Gasteiger partial charge in [-0.05, 0) is 54.8 Å². The number of H-pyrrole nitrogens is 1. The lowest BCUT2D eigenvalue weighted by Crippen LogP contribution is -1.99. The summed E-state index contributed by atoms with van der Waals surface area (Å²) < 4.78 is 20.1. The van der Waals surface area contributed by atoms with E-state index < -0.39 is 0 Å². The summed E-state index contributed by atoms with van der Waals surface area (Å²) in [6.45, 7) is 0.656. The van der Waals surface area contributed by atoms with E-state index in [-0.39, 0.29) is 5.82 Å². The molecule has 5 rings (SSSR count). The van der Waals surface area contributed by atoms with Crippen LogP contribution in [0.3, 0.4) is 0 Å². The van der Waals surface area contributed by atoms with Gasteiger partial charge >= 0.3 is 0 Å². The zero-order chi connectivity index (χ0) is 22.5. The number of benzene rings is 3. The number of nitrogens with one attached hydrogen (secondary N) is 2. The standard InChI is InChI=1S/C28H24FN3O/c29-24-13-4-5-14-26(24)31-25-15-16-30-28-23(25)19-27(32-28)21-11-6-12-22(18-21)33-17-7-10-20-8-2-1-3-9-20/h1-6,8-9,11-16,18-19H,7,10,17H2,(H2,30,31,32). The van der Waals surface area contributed by atoms with Crippen molar-refractivity contribution in [2.45, 2.75) is 12.8 Å². The van der Waals surface area contributed by atoms with Crippen LogP contribution in [0.25, 0.3) is 22.3 Å². The Bertz CT molecular complexity index is 1360. The Hall–Kier alpha value is -4.12. The predicted octanol–water partition coefficient (Wildman–Crippen LogP) is 7.12. The largest absolute Gasteiger partial charge is 0.494 e. The lowest BCUT2D eigenvalue weighted by atomic mass is 10.1. The van der Waals surface area contributed by atoms with Crippen LogP contribution in [0.2, 0.25) is 0 Å². The smallest absolute Gasteiger partial charge is 0.146 e. The molecule has 2 heterocycles. The van der Waals surface area contributed by atoms with Crippen molar-refractivity contribution in [3.05, 3.63) is 109 Å². The van der Waals surface area contributed by atoms with Gasteiger partial charge < -0.3 is 15.0 Å². The SMILES string of the molecule is Fc1ccccc1Nc1ccnc2[nH]c(-c3cccc(OCCCc4ccccc4)c3)cc12. The molecular weight excluding hydrogens is 413 g/mol. The van der Waals surface area contributed by atoms with Crippen molar-refractivity contribution >= 4 is 22.4 Å². The number of nitrogens with zero attached hydrogens (tertiary/aromatic N) is 1. The van der Waals surface area contributed by atoms with Crippen LogP contribution in [0.1, 0.15) is 12.0 Å². The minimum Gasteiger partial charge on any atom is -0.494 e. The number of fused-ring (bicyclic) bond motifs is 1. The van der Waals surface area contributed by atoms with Crippen molar-refractivity contribution in [1.29, 1.82) is 0 Å². The molecule has 0 spiro atoms. The molecule has 2 N–H and O–H groups in total. The average molecular weight is 438 g/mol. The number of hydrogen-bond acceptors (Lipinski definition) is 3. The molecule has 5 aromatic rings. The minimum absolute atomic E-state index is 0.296. The molecule has 5 heteroatoms. The lowest BCUT2D eigenvalue weighted by molar-refractivity contribution is 0.311. The van der Waals surface area contributed by atoms with Gasteiger partial charge in [0.05, 0.1) is 18.0 Å². The number of halogens is 1. The summed E-state index contributed by atoms with van der Waals surface area (Å²) in [6, 6.07) is 29.0. The summed E-state index contributed by atoms with van der Waals surface area (Å²) in [5, 5.41) is 4.07. The maximum Gasteiger partial charge on any atom is 0.146 e. The van der Waals surface area contributed by atoms with Gasteiger partial charge in [-0.2, -0.15) is 0 Å². The second-order valence-corrected chi connectivity index (χ2v) is 7.87. The highest BCUT2D eigenvalue weighted by Gasteiger charge is 2.10. The maximum absolute atomic E-state index is 14.1. The number of aromatic nitrogens is 2. The molecule has 0 aliphatic heterocycles. The number of pyridine rings is 1. The highest BCUT2D eigenvalue weighted by atomic mass is 19.1. The molecule has 0 saturated heterocycles. The van der Waals surface area contributed by atoms with E-state index in [0.717, 1.165) is 46.6 Å². The number of ether oxygens (including phenoxy) is 1. The average Bonchev–Trinajstić information content (AvgIpc) is 3.30. The summed E-state index contributed by atoms with van der Waals surface area (Å²) in [5.74, 6) is 0.534. The Morgan fingerprint density at radius 2 is 1.70 bits per heavy atom. The van der Waals surface area contributed by atoms with Crippen molar-refractivity contribution in [3.8, 4) is 17.0 Å². The third kappa shape index (κ3) is 4.88. The van der Waals surface area contributed by atoms with Crippen LogP contribution in [0, 0.1) is 5.82 Å². The van der Waals surface area contributed by atoms with E-state index in [9.17, 15) is 4.39 Å². The second kappa shape index (κ2) is 9.57. The Kier molecular flexibility index (Phi) is 6.02. The molecule has 0 bridgehead atoms. The number of aromatic amines is 1. The summed E-state index contributed by atoms with van der Waals surface area (Å²) in [4.78, 5) is 7.81. The van der Waals surface area contributed by atoms with Gasteiger partial charge in [0.1, 0.15) is 17.2 Å². The number of hydrogen-bond donors (Lipinski definition) is 2. The van der Waals surface area contributed by atoms with Crippen LogP contribution in [0.4, 0.5) is 15.8 Å². The Balaban J connectivity index is 1.31. The second-order valence-electron chi connectivity index (χ2n) is 7.87. The third-order valence-corrected chi connectivity index (χ3v) is 5.54. The number of rotatable bonds is 8. The first-order valence-electron chi connectivity index (χ1n) is 11.0. The molecule has 4 nitrogen and oxygen atoms in total. The van der Waals surface area contributed by atoms with Crippen molar-refractivity contribution in [3.63, 3.8) is 0 Å². The zero-order valence-corrected chi connectivity index (χ0v) is 18.1. The third-order valence-electron chi connectivity index (χ3n) is 5.54. The highest BCUT2D eigenvalue weighted by molar-refractivity contribution is 5.95. The number of para-hydroxylation sites is 1. The van der Waals surface area contributed by atoms with Crippen LogP contribution >= 0.6 is 0 Å². The van der Waals surface area contributed by atoms with Gasteiger partial charge in [0.2, 0.25) is 0 Å². The predicted molar refractivity (Wildman–Crippen MR) is 131 cm³/mol. The van der Waals surface area contributed by atoms with Crippen LogP contribution in [-0.2, 0) is 6.42 Å². The van der Waals surface area contributed by atoms with Crippen molar-refractivity contribution in [2.24, 2.45) is 0 Å². The van der Waals surface area contributed by atoms with E-state index in [1.807, 2.05) is 42.5 Å². The lowest BCUT2D eigenvalue weighted by Gasteiger charge is -2.08. The van der Waals surface area contributed by atoms with Gasteiger partial charge in [0.25, 0.3) is 0 Å². The van der Waals surface area contributed by atoms with Crippen molar-refractivity contribution < 1.29 is 9.13 Å². The van der Waals surface area contributed by atoms with Crippen LogP contribution < -0.4 is 10.1 Å². The van der Waals surface area contributed by atoms with E-state index in [0.29, 0.717) is 12.3 Å². The fourth-order valence-electron chi connectivity index (χ4n) is 3.86. The van der Waals surface area contributed by atoms with Crippen molar-refractivity contribution in [2.75, 3.05) is 11.9 Å². The number of anilines is 2. The van der Waals surface area contributed by atoms with E-state index in [4.69, 9.17) is 4.74 Å². The zero-order valence-electron chi connectivity index (χ0n) is 18.1. The first kappa shape index (κ1) is 20.8. The van der Waals surface area contributed by atoms with E-state index >= 15 is 0 Å². The van der Waals surface area contributed by atoms with E-state index in [1.54, 1.807) is 24.4 Å². The molecule has 0 saturated carbocycles. The number of aryl methyl sites for hydroxylation is 1. The molecule has 0 fully saturated rings. The molecule has 0 aliphatic carbocycles. The Labute approximate surface area is 192 Å². The van der Waals surface area contributed by atoms with Gasteiger partial charge in [0, 0.05) is 22.8 Å². The summed E-state index contributed by atoms with van der Waals surface area (Å²) in [7, 11) is 0. The van der Waals surface area contributed by atoms with Gasteiger partial charge in [-0.15, -0.1) is 0 Å². The van der Waals surface area contributed by atoms with E-state index in [2.05, 4.69) is 39.6 Å². The van der Waals surface area contributed by atoms with Crippen LogP contribution in [0.5, 0.6) is 5.75 Å². The van der Waals surface area contributed by atoms with Gasteiger partial charge in [-0.25, -0.2) is 9.37 Å². The fourth-order valence-corrected chi connectivity index (χ4v) is 3.86. The molecule has 0 radical (unpaired) electrons. The Morgan fingerprint density at radius 1 is 0.848 bits per heavy atom. The monoisotopic (exact) mass is 437 g/mol. The minimum atomic E-state index is -0.296. The highest BCUT2D eigenvalue weighted by Crippen LogP contribution is 2.31. The molecule has 0 aliphatic rings. The van der Waals surface area contributed by atoms with Gasteiger partial charge in [0.15, 0.2) is 0 Å². The van der Waals surface area contributed by atoms with Crippen molar-refractivity contribution in [1.82, 2.24) is 9.97 Å². The summed E-state index contributed by atoms with van der Waals surface area (Å²) >= 11 is 0. The first-order chi connectivity index (χ1) is 16.3. The molecule has 33 heavy (non-hydrogen) atoms. The molecule has 3 aromatic carbocycles. The Morgan fingerprint density at radius 3 is 2.58 bits per heavy atom. The van der Waals surface area contributed by atoms with Gasteiger partial charge in [-0.3, -0.25) is 0 Å². The van der Waals surface area contributed by atoms with E-state index in [1.165, 1.54) is 11.6 Å². The quantitative estimate of drug-likeness (QED) is 0.254. The molecular formula is C28H24FN3O. The van der Waals surface area contributed by atoms with Crippen LogP contribution in [-0.4, -0.2) is 16.6 Å². The molecule has 0 unspecified atom stereocenters. The normalized spacial score (nSPS) is 10.9. The molecule has 2 aromatic heterocycles. The first-order valence-corrected chi connectivity index (χ1v) is 11.0. The maximum atomic E-state index is 14.1. The molecule has 0 atom stereocenters. The fraction of sp³-hybridized carbons (Fsp3) is 0.107. The molecule has 0 amide bonds. The topological polar surface area (TPSA) is 49.9 Å². The summed E-state index contributed by atoms with van der Waals surface area (Å²) in [6.07, 6.45) is 3.65. The van der Waals surface area contributed by atoms with Gasteiger partial charge in [-0.1, -0.05) is 54.6 Å². The van der Waals surface area contributed by atoms with Crippen LogP contribution in [0.15, 0.2) is 97.2 Å². The molecule has 164 valence electrons.